The molecule has 29 heavy (non-hydrogen) atoms. The number of halogens is 1. The molecule has 2 N–H and O–H groups in total. The monoisotopic (exact) mass is 512 g/mol. The molecule has 0 saturated heterocycles. The lowest BCUT2D eigenvalue weighted by Gasteiger charge is -2.13. The van der Waals surface area contributed by atoms with E-state index in [2.05, 4.69) is 26.7 Å². The number of methoxy groups -OCH3 is 1. The topological polar surface area (TPSA) is 77.0 Å². The number of ether oxygens (including phenoxy) is 3. The van der Waals surface area contributed by atoms with E-state index in [1.807, 2.05) is 39.1 Å². The Morgan fingerprint density at radius 1 is 1.21 bits per heavy atom. The van der Waals surface area contributed by atoms with Gasteiger partial charge in [0.25, 0.3) is 0 Å². The Labute approximate surface area is 189 Å². The highest BCUT2D eigenvalue weighted by molar-refractivity contribution is 14.0. The van der Waals surface area contributed by atoms with Crippen LogP contribution in [0, 0.1) is 13.8 Å². The first-order valence-electron chi connectivity index (χ1n) is 9.52. The number of benzene rings is 1. The van der Waals surface area contributed by atoms with Crippen molar-refractivity contribution in [2.75, 3.05) is 27.0 Å². The number of hydrogen-bond donors (Lipinski definition) is 2. The number of rotatable bonds is 7. The molecule has 0 spiro atoms. The molecule has 2 heterocycles. The van der Waals surface area contributed by atoms with Crippen LogP contribution in [0.25, 0.3) is 0 Å². The molecular weight excluding hydrogens is 483 g/mol. The van der Waals surface area contributed by atoms with E-state index in [0.717, 1.165) is 59.5 Å². The Hall–Kier alpha value is -2.23. The van der Waals surface area contributed by atoms with Crippen molar-refractivity contribution >= 4 is 29.9 Å². The van der Waals surface area contributed by atoms with Crippen LogP contribution < -0.4 is 24.8 Å². The second-order valence-corrected chi connectivity index (χ2v) is 6.61. The molecule has 1 aliphatic heterocycles. The van der Waals surface area contributed by atoms with Gasteiger partial charge in [0.15, 0.2) is 17.5 Å². The number of nitrogens with zero attached hydrogens (tertiary/aromatic N) is 2. The molecule has 1 aromatic carbocycles. The zero-order valence-electron chi connectivity index (χ0n) is 17.4. The summed E-state index contributed by atoms with van der Waals surface area (Å²) in [4.78, 5) is 9.18. The molecule has 3 rings (SSSR count). The second-order valence-electron chi connectivity index (χ2n) is 6.61. The lowest BCUT2D eigenvalue weighted by molar-refractivity contribution is 0.174. The van der Waals surface area contributed by atoms with Crippen LogP contribution in [-0.4, -0.2) is 37.9 Å². The van der Waals surface area contributed by atoms with Gasteiger partial charge in [0.05, 0.1) is 19.3 Å². The van der Waals surface area contributed by atoms with Gasteiger partial charge in [-0.3, -0.25) is 4.98 Å². The number of fused-ring (bicyclic) bond motifs is 1. The normalized spacial score (nSPS) is 12.3. The summed E-state index contributed by atoms with van der Waals surface area (Å²) in [6.07, 6.45) is 2.69. The van der Waals surface area contributed by atoms with Gasteiger partial charge in [-0.1, -0.05) is 6.07 Å². The summed E-state index contributed by atoms with van der Waals surface area (Å²) in [6.45, 7) is 8.40. The van der Waals surface area contributed by atoms with Crippen molar-refractivity contribution in [2.45, 2.75) is 33.7 Å². The third-order valence-electron chi connectivity index (χ3n) is 4.62. The Balaban J connectivity index is 0.00000300. The van der Waals surface area contributed by atoms with E-state index in [1.54, 1.807) is 7.11 Å². The van der Waals surface area contributed by atoms with Gasteiger partial charge >= 0.3 is 0 Å². The number of aliphatic imine (C=N–C) groups is 1. The number of aromatic nitrogens is 1. The number of nitrogens with one attached hydrogen (secondary N) is 2. The van der Waals surface area contributed by atoms with Crippen molar-refractivity contribution in [3.8, 4) is 17.2 Å². The van der Waals surface area contributed by atoms with Gasteiger partial charge in [0.2, 0.25) is 6.79 Å². The van der Waals surface area contributed by atoms with Crippen molar-refractivity contribution in [3.05, 3.63) is 46.8 Å². The van der Waals surface area contributed by atoms with Crippen molar-refractivity contribution < 1.29 is 14.2 Å². The zero-order chi connectivity index (χ0) is 19.9. The Morgan fingerprint density at radius 3 is 2.76 bits per heavy atom. The lowest BCUT2D eigenvalue weighted by atomic mass is 10.1. The SMILES string of the molecule is CCNC(=NCc1ncc(C)c(OC)c1C)NCCc1ccc2c(c1)OCO2.I. The maximum atomic E-state index is 5.48. The lowest BCUT2D eigenvalue weighted by Crippen LogP contribution is -2.38. The van der Waals surface area contributed by atoms with Crippen LogP contribution in [0.4, 0.5) is 0 Å². The summed E-state index contributed by atoms with van der Waals surface area (Å²) < 4.78 is 16.3. The number of pyridine rings is 1. The summed E-state index contributed by atoms with van der Waals surface area (Å²) in [6, 6.07) is 6.04. The highest BCUT2D eigenvalue weighted by Crippen LogP contribution is 2.32. The van der Waals surface area contributed by atoms with Crippen molar-refractivity contribution in [3.63, 3.8) is 0 Å². The van der Waals surface area contributed by atoms with E-state index in [1.165, 1.54) is 5.56 Å². The van der Waals surface area contributed by atoms with E-state index in [0.29, 0.717) is 13.3 Å². The van der Waals surface area contributed by atoms with Gasteiger partial charge in [0, 0.05) is 30.4 Å². The predicted molar refractivity (Wildman–Crippen MR) is 125 cm³/mol. The molecule has 8 heteroatoms. The van der Waals surface area contributed by atoms with E-state index >= 15 is 0 Å². The summed E-state index contributed by atoms with van der Waals surface area (Å²) in [5, 5.41) is 6.65. The standard InChI is InChI=1S/C21H28N4O3.HI/c1-5-22-21(25-12-17-15(3)20(26-4)14(2)11-24-17)23-9-8-16-6-7-18-19(10-16)28-13-27-18;/h6-7,10-11H,5,8-9,12-13H2,1-4H3,(H2,22,23,25);1H. The van der Waals surface area contributed by atoms with Crippen molar-refractivity contribution in [1.29, 1.82) is 0 Å². The van der Waals surface area contributed by atoms with Crippen LogP contribution in [0.15, 0.2) is 29.4 Å². The van der Waals surface area contributed by atoms with E-state index in [4.69, 9.17) is 14.2 Å². The average molecular weight is 512 g/mol. The van der Waals surface area contributed by atoms with Crippen LogP contribution in [0.3, 0.4) is 0 Å². The third kappa shape index (κ3) is 5.88. The number of aryl methyl sites for hydroxylation is 1. The van der Waals surface area contributed by atoms with Gasteiger partial charge < -0.3 is 24.8 Å². The molecule has 0 fully saturated rings. The molecule has 158 valence electrons. The Morgan fingerprint density at radius 2 is 2.00 bits per heavy atom. The molecule has 0 atom stereocenters. The predicted octanol–water partition coefficient (Wildman–Crippen LogP) is 3.35. The van der Waals surface area contributed by atoms with Gasteiger partial charge in [0.1, 0.15) is 5.75 Å². The fourth-order valence-electron chi connectivity index (χ4n) is 3.15. The first-order valence-corrected chi connectivity index (χ1v) is 9.52. The minimum atomic E-state index is 0. The molecule has 1 aliphatic rings. The fraction of sp³-hybridized carbons (Fsp3) is 0.429. The van der Waals surface area contributed by atoms with Crippen molar-refractivity contribution in [1.82, 2.24) is 15.6 Å². The number of hydrogen-bond acceptors (Lipinski definition) is 5. The number of guanidine groups is 1. The van der Waals surface area contributed by atoms with Gasteiger partial charge in [-0.2, -0.15) is 0 Å². The van der Waals surface area contributed by atoms with Crippen LogP contribution in [0.2, 0.25) is 0 Å². The summed E-state index contributed by atoms with van der Waals surface area (Å²) in [5.74, 6) is 3.26. The second kappa shape index (κ2) is 11.1. The highest BCUT2D eigenvalue weighted by Gasteiger charge is 2.13. The molecule has 0 radical (unpaired) electrons. The highest BCUT2D eigenvalue weighted by atomic mass is 127. The first kappa shape index (κ1) is 23.1. The zero-order valence-corrected chi connectivity index (χ0v) is 19.7. The van der Waals surface area contributed by atoms with Crippen molar-refractivity contribution in [2.24, 2.45) is 4.99 Å². The van der Waals surface area contributed by atoms with Gasteiger partial charge in [-0.05, 0) is 44.9 Å². The first-order chi connectivity index (χ1) is 13.6. The fourth-order valence-corrected chi connectivity index (χ4v) is 3.15. The van der Waals surface area contributed by atoms with Gasteiger partial charge in [-0.15, -0.1) is 24.0 Å². The van der Waals surface area contributed by atoms with E-state index < -0.39 is 0 Å². The minimum absolute atomic E-state index is 0. The van der Waals surface area contributed by atoms with Gasteiger partial charge in [-0.25, -0.2) is 4.99 Å². The maximum absolute atomic E-state index is 5.48. The average Bonchev–Trinajstić information content (AvgIpc) is 3.15. The van der Waals surface area contributed by atoms with E-state index in [9.17, 15) is 0 Å². The summed E-state index contributed by atoms with van der Waals surface area (Å²) in [7, 11) is 1.68. The Kier molecular flexibility index (Phi) is 8.81. The maximum Gasteiger partial charge on any atom is 0.231 e. The third-order valence-corrected chi connectivity index (χ3v) is 4.62. The Bertz CT molecular complexity index is 858. The molecule has 0 saturated carbocycles. The molecule has 0 unspecified atom stereocenters. The molecule has 7 nitrogen and oxygen atoms in total. The van der Waals surface area contributed by atoms with Crippen LogP contribution in [0.1, 0.15) is 29.3 Å². The molecular formula is C21H29IN4O3. The van der Waals surface area contributed by atoms with Crippen LogP contribution in [-0.2, 0) is 13.0 Å². The summed E-state index contributed by atoms with van der Waals surface area (Å²) >= 11 is 0. The molecule has 0 bridgehead atoms. The summed E-state index contributed by atoms with van der Waals surface area (Å²) in [5.41, 5.74) is 4.16. The van der Waals surface area contributed by atoms with Crippen LogP contribution in [0.5, 0.6) is 17.2 Å². The molecule has 0 amide bonds. The minimum Gasteiger partial charge on any atom is -0.496 e. The largest absolute Gasteiger partial charge is 0.496 e. The molecule has 1 aromatic heterocycles. The van der Waals surface area contributed by atoms with E-state index in [-0.39, 0.29) is 24.0 Å². The molecule has 0 aliphatic carbocycles. The molecule has 2 aromatic rings. The van der Waals surface area contributed by atoms with Crippen LogP contribution >= 0.6 is 24.0 Å². The smallest absolute Gasteiger partial charge is 0.231 e. The quantitative estimate of drug-likeness (QED) is 0.337.